The normalized spacial score (nSPS) is 17.3. The molecule has 1 amide bonds. The van der Waals surface area contributed by atoms with Crippen molar-refractivity contribution in [1.82, 2.24) is 15.0 Å². The molecule has 7 nitrogen and oxygen atoms in total. The highest BCUT2D eigenvalue weighted by Gasteiger charge is 2.25. The second kappa shape index (κ2) is 8.76. The number of hydrogen-bond acceptors (Lipinski definition) is 5. The number of likely N-dealkylation sites (tertiary alicyclic amines) is 1. The number of aromatic nitrogens is 2. The fraction of sp³-hybridized carbons (Fsp3) is 0.545. The average molecular weight is 399 g/mol. The van der Waals surface area contributed by atoms with Gasteiger partial charge in [-0.05, 0) is 42.7 Å². The number of carboxylic acid groups (broad SMARTS) is 1. The monoisotopic (exact) mass is 399 g/mol. The van der Waals surface area contributed by atoms with Gasteiger partial charge < -0.3 is 14.5 Å². The predicted molar refractivity (Wildman–Crippen MR) is 108 cm³/mol. The fourth-order valence-electron chi connectivity index (χ4n) is 3.68. The maximum atomic E-state index is 13.0. The summed E-state index contributed by atoms with van der Waals surface area (Å²) in [5.74, 6) is 0.486. The van der Waals surface area contributed by atoms with E-state index in [1.807, 2.05) is 17.0 Å². The van der Waals surface area contributed by atoms with Gasteiger partial charge in [-0.3, -0.25) is 9.59 Å². The van der Waals surface area contributed by atoms with Crippen LogP contribution in [0.15, 0.2) is 28.8 Å². The number of aliphatic carboxylic acids is 1. The lowest BCUT2D eigenvalue weighted by Gasteiger charge is -2.32. The summed E-state index contributed by atoms with van der Waals surface area (Å²) in [4.78, 5) is 30.1. The van der Waals surface area contributed by atoms with E-state index in [-0.39, 0.29) is 23.7 Å². The van der Waals surface area contributed by atoms with E-state index < -0.39 is 5.97 Å². The maximum absolute atomic E-state index is 13.0. The first kappa shape index (κ1) is 21.0. The van der Waals surface area contributed by atoms with Gasteiger partial charge in [-0.1, -0.05) is 38.1 Å². The van der Waals surface area contributed by atoms with Gasteiger partial charge in [-0.25, -0.2) is 0 Å². The third-order valence-corrected chi connectivity index (χ3v) is 5.09. The van der Waals surface area contributed by atoms with Crippen LogP contribution < -0.4 is 0 Å². The standard InChI is InChI=1S/C22H29N3O4/c1-22(2,3)13-18-23-20(24-29-18)16-7-4-8-17(12-16)21(28)25-11-5-6-15(14-25)9-10-19(26)27/h4,7-8,12,15H,5-6,9-11,13-14H2,1-3H3,(H,26,27). The number of hydrogen-bond donors (Lipinski definition) is 1. The first-order chi connectivity index (χ1) is 13.7. The first-order valence-electron chi connectivity index (χ1n) is 10.2. The molecule has 1 atom stereocenters. The number of carboxylic acids is 1. The SMILES string of the molecule is CC(C)(C)Cc1nc(-c2cccc(C(=O)N3CCCC(CCC(=O)O)C3)c2)no1. The molecule has 1 aromatic heterocycles. The molecule has 0 spiro atoms. The maximum Gasteiger partial charge on any atom is 0.303 e. The smallest absolute Gasteiger partial charge is 0.303 e. The summed E-state index contributed by atoms with van der Waals surface area (Å²) in [5, 5.41) is 13.0. The van der Waals surface area contributed by atoms with Gasteiger partial charge in [0.1, 0.15) is 0 Å². The van der Waals surface area contributed by atoms with Crippen molar-refractivity contribution in [3.05, 3.63) is 35.7 Å². The van der Waals surface area contributed by atoms with Crippen molar-refractivity contribution in [2.75, 3.05) is 13.1 Å². The minimum absolute atomic E-state index is 0.0368. The molecule has 3 rings (SSSR count). The number of carbonyl (C=O) groups is 2. The molecular formula is C22H29N3O4. The van der Waals surface area contributed by atoms with Gasteiger partial charge in [0, 0.05) is 37.1 Å². The second-order valence-electron chi connectivity index (χ2n) is 9.02. The number of benzene rings is 1. The molecule has 1 N–H and O–H groups in total. The summed E-state index contributed by atoms with van der Waals surface area (Å²) in [6, 6.07) is 7.29. The molecule has 0 saturated carbocycles. The molecule has 1 fully saturated rings. The van der Waals surface area contributed by atoms with E-state index in [0.717, 1.165) is 18.4 Å². The molecule has 7 heteroatoms. The molecule has 1 aromatic carbocycles. The van der Waals surface area contributed by atoms with Crippen molar-refractivity contribution in [3.63, 3.8) is 0 Å². The van der Waals surface area contributed by atoms with Gasteiger partial charge in [-0.15, -0.1) is 0 Å². The Morgan fingerprint density at radius 2 is 2.10 bits per heavy atom. The van der Waals surface area contributed by atoms with Crippen LogP contribution in [-0.2, 0) is 11.2 Å². The van der Waals surface area contributed by atoms with Crippen molar-refractivity contribution in [3.8, 4) is 11.4 Å². The van der Waals surface area contributed by atoms with Gasteiger partial charge in [0.05, 0.1) is 0 Å². The Morgan fingerprint density at radius 3 is 2.83 bits per heavy atom. The lowest BCUT2D eigenvalue weighted by molar-refractivity contribution is -0.137. The average Bonchev–Trinajstić information content (AvgIpc) is 3.13. The van der Waals surface area contributed by atoms with Gasteiger partial charge in [0.2, 0.25) is 11.7 Å². The van der Waals surface area contributed by atoms with Gasteiger partial charge in [0.15, 0.2) is 0 Å². The predicted octanol–water partition coefficient (Wildman–Crippen LogP) is 4.04. The van der Waals surface area contributed by atoms with E-state index in [9.17, 15) is 9.59 Å². The summed E-state index contributed by atoms with van der Waals surface area (Å²) in [5.41, 5.74) is 1.38. The summed E-state index contributed by atoms with van der Waals surface area (Å²) in [6.07, 6.45) is 3.31. The third-order valence-electron chi connectivity index (χ3n) is 5.09. The number of nitrogens with zero attached hydrogens (tertiary/aromatic N) is 3. The van der Waals surface area contributed by atoms with Gasteiger partial charge in [-0.2, -0.15) is 4.98 Å². The highest BCUT2D eigenvalue weighted by molar-refractivity contribution is 5.95. The molecule has 2 aromatic rings. The highest BCUT2D eigenvalue weighted by Crippen LogP contribution is 2.25. The summed E-state index contributed by atoms with van der Waals surface area (Å²) < 4.78 is 5.37. The number of amides is 1. The molecule has 1 unspecified atom stereocenters. The second-order valence-corrected chi connectivity index (χ2v) is 9.02. The number of rotatable bonds is 6. The largest absolute Gasteiger partial charge is 0.481 e. The minimum atomic E-state index is -0.785. The molecule has 1 aliphatic heterocycles. The Kier molecular flexibility index (Phi) is 6.35. The van der Waals surface area contributed by atoms with Crippen LogP contribution in [-0.4, -0.2) is 45.1 Å². The Morgan fingerprint density at radius 1 is 1.31 bits per heavy atom. The summed E-state index contributed by atoms with van der Waals surface area (Å²) >= 11 is 0. The van der Waals surface area contributed by atoms with E-state index in [4.69, 9.17) is 9.63 Å². The molecule has 29 heavy (non-hydrogen) atoms. The van der Waals surface area contributed by atoms with Crippen LogP contribution in [0.2, 0.25) is 0 Å². The van der Waals surface area contributed by atoms with Gasteiger partial charge >= 0.3 is 5.97 Å². The molecule has 156 valence electrons. The Balaban J connectivity index is 1.70. The topological polar surface area (TPSA) is 96.5 Å². The van der Waals surface area contributed by atoms with Crippen LogP contribution in [0.4, 0.5) is 0 Å². The van der Waals surface area contributed by atoms with E-state index in [0.29, 0.717) is 43.2 Å². The van der Waals surface area contributed by atoms with E-state index in [1.54, 1.807) is 12.1 Å². The van der Waals surface area contributed by atoms with E-state index >= 15 is 0 Å². The lowest BCUT2D eigenvalue weighted by atomic mass is 9.92. The first-order valence-corrected chi connectivity index (χ1v) is 10.2. The van der Waals surface area contributed by atoms with Crippen LogP contribution in [0, 0.1) is 11.3 Å². The molecule has 2 heterocycles. The van der Waals surface area contributed by atoms with Crippen LogP contribution in [0.3, 0.4) is 0 Å². The Labute approximate surface area is 171 Å². The van der Waals surface area contributed by atoms with Crippen LogP contribution in [0.5, 0.6) is 0 Å². The number of carbonyl (C=O) groups excluding carboxylic acids is 1. The lowest BCUT2D eigenvalue weighted by Crippen LogP contribution is -2.40. The van der Waals surface area contributed by atoms with Crippen LogP contribution in [0.1, 0.15) is 62.7 Å². The van der Waals surface area contributed by atoms with E-state index in [2.05, 4.69) is 30.9 Å². The van der Waals surface area contributed by atoms with Crippen LogP contribution >= 0.6 is 0 Å². The fourth-order valence-corrected chi connectivity index (χ4v) is 3.68. The van der Waals surface area contributed by atoms with Crippen molar-refractivity contribution in [2.24, 2.45) is 11.3 Å². The third kappa shape index (κ3) is 5.89. The number of piperidine rings is 1. The van der Waals surface area contributed by atoms with Gasteiger partial charge in [0.25, 0.3) is 5.91 Å². The van der Waals surface area contributed by atoms with Crippen molar-refractivity contribution in [1.29, 1.82) is 0 Å². The molecule has 1 saturated heterocycles. The van der Waals surface area contributed by atoms with Crippen molar-refractivity contribution >= 4 is 11.9 Å². The molecule has 0 radical (unpaired) electrons. The zero-order valence-corrected chi connectivity index (χ0v) is 17.4. The highest BCUT2D eigenvalue weighted by atomic mass is 16.5. The summed E-state index contributed by atoms with van der Waals surface area (Å²) in [7, 11) is 0. The quantitative estimate of drug-likeness (QED) is 0.787. The zero-order chi connectivity index (χ0) is 21.0. The van der Waals surface area contributed by atoms with E-state index in [1.165, 1.54) is 0 Å². The molecule has 0 aliphatic carbocycles. The van der Waals surface area contributed by atoms with Crippen molar-refractivity contribution < 1.29 is 19.2 Å². The summed E-state index contributed by atoms with van der Waals surface area (Å²) in [6.45, 7) is 7.63. The Hall–Kier alpha value is -2.70. The molecule has 0 bridgehead atoms. The van der Waals surface area contributed by atoms with Crippen LogP contribution in [0.25, 0.3) is 11.4 Å². The molecule has 1 aliphatic rings. The molecular weight excluding hydrogens is 370 g/mol. The minimum Gasteiger partial charge on any atom is -0.481 e. The zero-order valence-electron chi connectivity index (χ0n) is 17.4. The Bertz CT molecular complexity index is 869. The van der Waals surface area contributed by atoms with Crippen molar-refractivity contribution in [2.45, 2.75) is 52.9 Å².